The van der Waals surface area contributed by atoms with E-state index in [1.807, 2.05) is 45.0 Å². The van der Waals surface area contributed by atoms with E-state index in [0.717, 1.165) is 24.7 Å². The highest BCUT2D eigenvalue weighted by Gasteiger charge is 2.43. The summed E-state index contributed by atoms with van der Waals surface area (Å²) in [7, 11) is -3.33. The van der Waals surface area contributed by atoms with E-state index in [2.05, 4.69) is 20.3 Å². The molecule has 13 heteroatoms. The molecule has 252 valence electrons. The van der Waals surface area contributed by atoms with Crippen molar-refractivity contribution in [2.45, 2.75) is 83.4 Å². The number of nitrogens with one attached hydrogen (secondary N) is 3. The Bertz CT molecular complexity index is 1340. The Morgan fingerprint density at radius 1 is 0.911 bits per heavy atom. The molecule has 2 aromatic carbocycles. The van der Waals surface area contributed by atoms with Gasteiger partial charge in [0.05, 0.1) is 6.26 Å². The van der Waals surface area contributed by atoms with Crippen LogP contribution in [0.1, 0.15) is 71.3 Å². The van der Waals surface area contributed by atoms with Crippen molar-refractivity contribution in [1.82, 2.24) is 15.5 Å². The number of nitrogens with zero attached hydrogens (tertiary/aromatic N) is 1. The van der Waals surface area contributed by atoms with Crippen molar-refractivity contribution in [3.05, 3.63) is 54.1 Å². The second-order valence-corrected chi connectivity index (χ2v) is 14.6. The average Bonchev–Trinajstić information content (AvgIpc) is 2.94. The number of alkyl carbamates (subject to hydrolysis) is 1. The van der Waals surface area contributed by atoms with E-state index in [-0.39, 0.29) is 30.7 Å². The van der Waals surface area contributed by atoms with Gasteiger partial charge in [-0.25, -0.2) is 13.2 Å². The number of hydrogen-bond donors (Lipinski definition) is 3. The smallest absolute Gasteiger partial charge is 0.408 e. The Morgan fingerprint density at radius 3 is 2.00 bits per heavy atom. The fraction of sp³-hybridized carbons (Fsp3) is 0.562. The highest BCUT2D eigenvalue weighted by atomic mass is 35.5. The Morgan fingerprint density at radius 2 is 1.47 bits per heavy atom. The van der Waals surface area contributed by atoms with E-state index in [1.54, 1.807) is 24.3 Å². The lowest BCUT2D eigenvalue weighted by molar-refractivity contribution is -0.130. The molecule has 1 aliphatic carbocycles. The van der Waals surface area contributed by atoms with Crippen LogP contribution < -0.4 is 20.1 Å². The fourth-order valence-electron chi connectivity index (χ4n) is 5.66. The molecule has 1 heterocycles. The number of carbonyl (C=O) groups excluding carboxylic acids is 2. The van der Waals surface area contributed by atoms with Crippen molar-refractivity contribution in [1.29, 1.82) is 0 Å². The van der Waals surface area contributed by atoms with Crippen molar-refractivity contribution in [2.24, 2.45) is 5.92 Å². The summed E-state index contributed by atoms with van der Waals surface area (Å²) in [6.07, 6.45) is 7.49. The van der Waals surface area contributed by atoms with Crippen LogP contribution in [0.4, 0.5) is 10.5 Å². The van der Waals surface area contributed by atoms with E-state index >= 15 is 0 Å². The third-order valence-corrected chi connectivity index (χ3v) is 8.49. The molecule has 0 spiro atoms. The summed E-state index contributed by atoms with van der Waals surface area (Å²) in [4.78, 5) is 28.6. The number of benzene rings is 2. The number of rotatable bonds is 10. The third-order valence-electron chi connectivity index (χ3n) is 7.88. The van der Waals surface area contributed by atoms with Crippen molar-refractivity contribution < 1.29 is 27.5 Å². The van der Waals surface area contributed by atoms with Gasteiger partial charge in [0.2, 0.25) is 15.9 Å². The van der Waals surface area contributed by atoms with Crippen LogP contribution in [0.5, 0.6) is 11.5 Å². The number of carbonyl (C=O) groups is 2. The van der Waals surface area contributed by atoms with Crippen molar-refractivity contribution >= 4 is 52.5 Å². The SMILES string of the molecule is CC(C)(C)OC(=O)NC1(C(=O)NCC2CCCCC2)CCN(Cc2ccc(Oc3ccc(NS(C)(=O)=O)cc3)cc2)CC1.Cl.Cl. The average molecular weight is 688 g/mol. The van der Waals surface area contributed by atoms with Gasteiger partial charge in [-0.3, -0.25) is 14.4 Å². The van der Waals surface area contributed by atoms with Crippen LogP contribution in [0.3, 0.4) is 0 Å². The van der Waals surface area contributed by atoms with Crippen LogP contribution in [0.15, 0.2) is 48.5 Å². The molecule has 1 aliphatic heterocycles. The molecular weight excluding hydrogens is 639 g/mol. The van der Waals surface area contributed by atoms with Gasteiger partial charge < -0.3 is 20.1 Å². The van der Waals surface area contributed by atoms with Gasteiger partial charge in [0.25, 0.3) is 0 Å². The first-order valence-corrected chi connectivity index (χ1v) is 17.0. The number of likely N-dealkylation sites (tertiary alicyclic amines) is 1. The number of amides is 2. The first kappa shape index (κ1) is 38.5. The number of hydrogen-bond acceptors (Lipinski definition) is 7. The summed E-state index contributed by atoms with van der Waals surface area (Å²) in [5.74, 6) is 1.64. The van der Waals surface area contributed by atoms with Gasteiger partial charge >= 0.3 is 6.09 Å². The van der Waals surface area contributed by atoms with Crippen LogP contribution in [-0.4, -0.2) is 62.3 Å². The molecule has 0 radical (unpaired) electrons. The van der Waals surface area contributed by atoms with Gasteiger partial charge in [-0.15, -0.1) is 24.8 Å². The first-order valence-electron chi connectivity index (χ1n) is 15.2. The highest BCUT2D eigenvalue weighted by Crippen LogP contribution is 2.28. The van der Waals surface area contributed by atoms with E-state index < -0.39 is 27.3 Å². The summed E-state index contributed by atoms with van der Waals surface area (Å²) in [5, 5.41) is 6.12. The zero-order valence-corrected chi connectivity index (χ0v) is 29.0. The maximum Gasteiger partial charge on any atom is 0.408 e. The van der Waals surface area contributed by atoms with E-state index in [9.17, 15) is 18.0 Å². The first-order chi connectivity index (χ1) is 20.3. The maximum atomic E-state index is 13.6. The van der Waals surface area contributed by atoms with Crippen molar-refractivity contribution in [3.63, 3.8) is 0 Å². The number of piperidine rings is 1. The molecule has 10 nitrogen and oxygen atoms in total. The van der Waals surface area contributed by atoms with Crippen molar-refractivity contribution in [2.75, 3.05) is 30.6 Å². The lowest BCUT2D eigenvalue weighted by Crippen LogP contribution is -2.64. The molecule has 2 aromatic rings. The lowest BCUT2D eigenvalue weighted by atomic mass is 9.85. The quantitative estimate of drug-likeness (QED) is 0.270. The molecule has 3 N–H and O–H groups in total. The second-order valence-electron chi connectivity index (χ2n) is 12.8. The molecule has 0 bridgehead atoms. The van der Waals surface area contributed by atoms with Gasteiger partial charge in [-0.2, -0.15) is 0 Å². The molecule has 4 rings (SSSR count). The van der Waals surface area contributed by atoms with E-state index in [1.165, 1.54) is 19.3 Å². The fourth-order valence-corrected chi connectivity index (χ4v) is 6.22. The number of ether oxygens (including phenoxy) is 2. The minimum absolute atomic E-state index is 0. The topological polar surface area (TPSA) is 126 Å². The predicted molar refractivity (Wildman–Crippen MR) is 182 cm³/mol. The number of halogens is 2. The Labute approximate surface area is 280 Å². The zero-order chi connectivity index (χ0) is 31.1. The van der Waals surface area contributed by atoms with Crippen LogP contribution >= 0.6 is 24.8 Å². The van der Waals surface area contributed by atoms with E-state index in [0.29, 0.717) is 62.1 Å². The number of sulfonamides is 1. The van der Waals surface area contributed by atoms with Gasteiger partial charge in [0.1, 0.15) is 22.6 Å². The highest BCUT2D eigenvalue weighted by molar-refractivity contribution is 7.92. The zero-order valence-electron chi connectivity index (χ0n) is 26.6. The molecule has 2 amide bonds. The molecule has 0 unspecified atom stereocenters. The second kappa shape index (κ2) is 16.7. The van der Waals surface area contributed by atoms with Crippen LogP contribution in [0.25, 0.3) is 0 Å². The Balaban J connectivity index is 0.00000353. The molecule has 1 saturated heterocycles. The summed E-state index contributed by atoms with van der Waals surface area (Å²) in [6.45, 7) is 8.11. The standard InChI is InChI=1S/C32H46N4O6S.2ClH/c1-31(2,3)42-30(38)34-32(29(37)33-22-24-8-6-5-7-9-24)18-20-36(21-19-32)23-25-10-14-27(15-11-25)41-28-16-12-26(13-17-28)35-43(4,39)40;;/h10-17,24,35H,5-9,18-23H2,1-4H3,(H,33,37)(H,34,38);2*1H. The molecule has 45 heavy (non-hydrogen) atoms. The van der Waals surface area contributed by atoms with Gasteiger partial charge in [0.15, 0.2) is 0 Å². The normalized spacial score (nSPS) is 17.2. The molecule has 0 aromatic heterocycles. The molecule has 2 fully saturated rings. The van der Waals surface area contributed by atoms with Gasteiger partial charge in [-0.05, 0) is 94.3 Å². The van der Waals surface area contributed by atoms with Crippen molar-refractivity contribution in [3.8, 4) is 11.5 Å². The number of anilines is 1. The summed E-state index contributed by atoms with van der Waals surface area (Å²) in [5.41, 5.74) is -0.0789. The maximum absolute atomic E-state index is 13.6. The van der Waals surface area contributed by atoms with Crippen LogP contribution in [-0.2, 0) is 26.1 Å². The Kier molecular flexibility index (Phi) is 14.3. The van der Waals surface area contributed by atoms with E-state index in [4.69, 9.17) is 9.47 Å². The van der Waals surface area contributed by atoms with Crippen LogP contribution in [0.2, 0.25) is 0 Å². The minimum Gasteiger partial charge on any atom is -0.457 e. The molecule has 0 atom stereocenters. The molecule has 2 aliphatic rings. The monoisotopic (exact) mass is 686 g/mol. The Hall–Kier alpha value is -2.73. The minimum atomic E-state index is -3.33. The molecular formula is C32H48Cl2N4O6S. The van der Waals surface area contributed by atoms with Gasteiger partial charge in [0, 0.05) is 31.9 Å². The summed E-state index contributed by atoms with van der Waals surface area (Å²) in [6, 6.07) is 14.5. The summed E-state index contributed by atoms with van der Waals surface area (Å²) < 4.78 is 36.7. The summed E-state index contributed by atoms with van der Waals surface area (Å²) >= 11 is 0. The lowest BCUT2D eigenvalue weighted by Gasteiger charge is -2.41. The van der Waals surface area contributed by atoms with Crippen LogP contribution in [0, 0.1) is 5.92 Å². The third kappa shape index (κ3) is 12.5. The van der Waals surface area contributed by atoms with Gasteiger partial charge in [-0.1, -0.05) is 31.4 Å². The largest absolute Gasteiger partial charge is 0.457 e. The molecule has 1 saturated carbocycles. The predicted octanol–water partition coefficient (Wildman–Crippen LogP) is 6.25.